The molecule has 0 aliphatic carbocycles. The number of benzene rings is 1. The molecule has 0 N–H and O–H groups in total. The lowest BCUT2D eigenvalue weighted by molar-refractivity contribution is 0.381. The number of hydrogen-bond donors (Lipinski definition) is 0. The van der Waals surface area contributed by atoms with Crippen LogP contribution in [0, 0.1) is 6.92 Å². The van der Waals surface area contributed by atoms with Crippen LogP contribution in [-0.4, -0.2) is 7.11 Å². The van der Waals surface area contributed by atoms with Gasteiger partial charge < -0.3 is 4.74 Å². The maximum atomic E-state index is 5.68. The quantitative estimate of drug-likeness (QED) is 0.690. The zero-order valence-electron chi connectivity index (χ0n) is 12.6. The van der Waals surface area contributed by atoms with Crippen LogP contribution in [0.25, 0.3) is 0 Å². The first-order chi connectivity index (χ1) is 7.57. The third-order valence-corrected chi connectivity index (χ3v) is 3.05. The lowest BCUT2D eigenvalue weighted by Gasteiger charge is -2.29. The van der Waals surface area contributed by atoms with Crippen LogP contribution in [0.3, 0.4) is 0 Å². The van der Waals surface area contributed by atoms with Crippen molar-refractivity contribution in [3.8, 4) is 5.75 Å². The molecule has 1 heteroatoms. The lowest BCUT2D eigenvalue weighted by Crippen LogP contribution is -2.19. The Bertz CT molecular complexity index is 368. The molecule has 1 aromatic carbocycles. The predicted molar refractivity (Wildman–Crippen MR) is 75.1 cm³/mol. The van der Waals surface area contributed by atoms with Gasteiger partial charge in [-0.25, -0.2) is 0 Å². The van der Waals surface area contributed by atoms with Crippen molar-refractivity contribution in [2.24, 2.45) is 0 Å². The zero-order valence-corrected chi connectivity index (χ0v) is 12.6. The van der Waals surface area contributed by atoms with Gasteiger partial charge >= 0.3 is 0 Å². The minimum absolute atomic E-state index is 0.108. The van der Waals surface area contributed by atoms with Crippen molar-refractivity contribution in [1.82, 2.24) is 0 Å². The first-order valence-electron chi connectivity index (χ1n) is 6.27. The molecule has 0 aromatic heterocycles. The van der Waals surface area contributed by atoms with Crippen LogP contribution in [0.2, 0.25) is 0 Å². The second kappa shape index (κ2) is 4.36. The van der Waals surface area contributed by atoms with Crippen LogP contribution in [0.15, 0.2) is 12.1 Å². The molecule has 1 nitrogen and oxygen atoms in total. The fourth-order valence-corrected chi connectivity index (χ4v) is 2.11. The van der Waals surface area contributed by atoms with E-state index in [1.54, 1.807) is 7.11 Å². The van der Waals surface area contributed by atoms with E-state index in [-0.39, 0.29) is 10.8 Å². The van der Waals surface area contributed by atoms with E-state index in [4.69, 9.17) is 4.74 Å². The van der Waals surface area contributed by atoms with Crippen LogP contribution >= 0.6 is 0 Å². The molecule has 17 heavy (non-hydrogen) atoms. The molecule has 0 aliphatic heterocycles. The standard InChI is InChI=1S/C16H26O/c1-11-9-12(15(2,3)4)14(17-8)13(10-11)16(5,6)7/h9-10H,1-8H3. The highest BCUT2D eigenvalue weighted by Gasteiger charge is 2.26. The maximum Gasteiger partial charge on any atom is 0.126 e. The normalized spacial score (nSPS) is 12.7. The summed E-state index contributed by atoms with van der Waals surface area (Å²) in [6.07, 6.45) is 0. The zero-order chi connectivity index (χ0) is 13.4. The van der Waals surface area contributed by atoms with Crippen molar-refractivity contribution >= 4 is 0 Å². The van der Waals surface area contributed by atoms with E-state index in [0.29, 0.717) is 0 Å². The first-order valence-corrected chi connectivity index (χ1v) is 6.27. The Morgan fingerprint density at radius 2 is 1.18 bits per heavy atom. The first kappa shape index (κ1) is 14.1. The average molecular weight is 234 g/mol. The SMILES string of the molecule is COc1c(C(C)(C)C)cc(C)cc1C(C)(C)C. The van der Waals surface area contributed by atoms with Crippen molar-refractivity contribution in [2.75, 3.05) is 7.11 Å². The molecule has 0 unspecified atom stereocenters. The molecule has 0 saturated carbocycles. The topological polar surface area (TPSA) is 9.23 Å². The van der Waals surface area contributed by atoms with Crippen LogP contribution in [0.4, 0.5) is 0 Å². The third-order valence-electron chi connectivity index (χ3n) is 3.05. The largest absolute Gasteiger partial charge is 0.496 e. The van der Waals surface area contributed by atoms with E-state index in [2.05, 4.69) is 60.6 Å². The molecule has 0 saturated heterocycles. The second-order valence-electron chi connectivity index (χ2n) is 6.89. The summed E-state index contributed by atoms with van der Waals surface area (Å²) in [7, 11) is 1.77. The van der Waals surface area contributed by atoms with E-state index in [9.17, 15) is 0 Å². The van der Waals surface area contributed by atoms with Crippen molar-refractivity contribution < 1.29 is 4.74 Å². The van der Waals surface area contributed by atoms with Gasteiger partial charge in [0.1, 0.15) is 5.75 Å². The molecule has 0 amide bonds. The van der Waals surface area contributed by atoms with Gasteiger partial charge in [0, 0.05) is 11.1 Å². The lowest BCUT2D eigenvalue weighted by atomic mass is 9.78. The van der Waals surface area contributed by atoms with E-state index in [1.165, 1.54) is 16.7 Å². The fraction of sp³-hybridized carbons (Fsp3) is 0.625. The number of aryl methyl sites for hydroxylation is 1. The molecule has 0 spiro atoms. The van der Waals surface area contributed by atoms with E-state index in [1.807, 2.05) is 0 Å². The summed E-state index contributed by atoms with van der Waals surface area (Å²) in [6, 6.07) is 4.49. The Kier molecular flexibility index (Phi) is 3.61. The van der Waals surface area contributed by atoms with Gasteiger partial charge in [-0.15, -0.1) is 0 Å². The Morgan fingerprint density at radius 3 is 1.41 bits per heavy atom. The summed E-state index contributed by atoms with van der Waals surface area (Å²) in [5.74, 6) is 1.05. The Hall–Kier alpha value is -0.980. The van der Waals surface area contributed by atoms with Crippen molar-refractivity contribution in [2.45, 2.75) is 59.3 Å². The predicted octanol–water partition coefficient (Wildman–Crippen LogP) is 4.60. The van der Waals surface area contributed by atoms with Gasteiger partial charge in [-0.1, -0.05) is 59.2 Å². The van der Waals surface area contributed by atoms with Gasteiger partial charge in [0.2, 0.25) is 0 Å². The van der Waals surface area contributed by atoms with Crippen molar-refractivity contribution in [1.29, 1.82) is 0 Å². The summed E-state index contributed by atoms with van der Waals surface area (Å²) in [4.78, 5) is 0. The fourth-order valence-electron chi connectivity index (χ4n) is 2.11. The highest BCUT2D eigenvalue weighted by molar-refractivity contribution is 5.50. The summed E-state index contributed by atoms with van der Waals surface area (Å²) in [5, 5.41) is 0. The van der Waals surface area contributed by atoms with Crippen LogP contribution in [-0.2, 0) is 10.8 Å². The molecular formula is C16H26O. The third kappa shape index (κ3) is 3.02. The molecule has 1 aromatic rings. The molecule has 0 bridgehead atoms. The van der Waals surface area contributed by atoms with E-state index >= 15 is 0 Å². The minimum atomic E-state index is 0.108. The molecule has 0 heterocycles. The van der Waals surface area contributed by atoms with Gasteiger partial charge in [-0.2, -0.15) is 0 Å². The Morgan fingerprint density at radius 1 is 0.824 bits per heavy atom. The van der Waals surface area contributed by atoms with Gasteiger partial charge in [0.25, 0.3) is 0 Å². The number of hydrogen-bond acceptors (Lipinski definition) is 1. The van der Waals surface area contributed by atoms with E-state index < -0.39 is 0 Å². The summed E-state index contributed by atoms with van der Waals surface area (Å²) >= 11 is 0. The molecule has 0 radical (unpaired) electrons. The number of rotatable bonds is 1. The Labute approximate surface area is 106 Å². The summed E-state index contributed by atoms with van der Waals surface area (Å²) in [5.41, 5.74) is 4.12. The van der Waals surface area contributed by atoms with Crippen molar-refractivity contribution in [3.63, 3.8) is 0 Å². The monoisotopic (exact) mass is 234 g/mol. The van der Waals surface area contributed by atoms with Gasteiger partial charge in [0.15, 0.2) is 0 Å². The van der Waals surface area contributed by atoms with Gasteiger partial charge in [-0.05, 0) is 17.8 Å². The van der Waals surface area contributed by atoms with E-state index in [0.717, 1.165) is 5.75 Å². The molecule has 1 rings (SSSR count). The van der Waals surface area contributed by atoms with Gasteiger partial charge in [0.05, 0.1) is 7.11 Å². The maximum absolute atomic E-state index is 5.68. The summed E-state index contributed by atoms with van der Waals surface area (Å²) in [6.45, 7) is 15.6. The molecule has 0 atom stereocenters. The second-order valence-corrected chi connectivity index (χ2v) is 6.89. The average Bonchev–Trinajstić information content (AvgIpc) is 2.13. The summed E-state index contributed by atoms with van der Waals surface area (Å²) < 4.78 is 5.68. The number of methoxy groups -OCH3 is 1. The smallest absolute Gasteiger partial charge is 0.126 e. The van der Waals surface area contributed by atoms with Crippen LogP contribution in [0.5, 0.6) is 5.75 Å². The van der Waals surface area contributed by atoms with Crippen LogP contribution < -0.4 is 4.74 Å². The molecule has 0 aliphatic rings. The number of ether oxygens (including phenoxy) is 1. The van der Waals surface area contributed by atoms with Crippen LogP contribution in [0.1, 0.15) is 58.2 Å². The molecule has 0 fully saturated rings. The molecular weight excluding hydrogens is 208 g/mol. The molecule has 96 valence electrons. The minimum Gasteiger partial charge on any atom is -0.496 e. The van der Waals surface area contributed by atoms with Gasteiger partial charge in [-0.3, -0.25) is 0 Å². The highest BCUT2D eigenvalue weighted by Crippen LogP contribution is 2.40. The highest BCUT2D eigenvalue weighted by atomic mass is 16.5. The Balaban J connectivity index is 3.58. The van der Waals surface area contributed by atoms with Crippen molar-refractivity contribution in [3.05, 3.63) is 28.8 Å².